The molecule has 6 nitrogen and oxygen atoms in total. The second kappa shape index (κ2) is 8.64. The first kappa shape index (κ1) is 21.8. The second-order valence-electron chi connectivity index (χ2n) is 10.3. The maximum absolute atomic E-state index is 12.8. The molecule has 1 heterocycles. The van der Waals surface area contributed by atoms with Gasteiger partial charge < -0.3 is 10.6 Å². The highest BCUT2D eigenvalue weighted by Crippen LogP contribution is 2.61. The predicted molar refractivity (Wildman–Crippen MR) is 122 cm³/mol. The summed E-state index contributed by atoms with van der Waals surface area (Å²) in [6, 6.07) is 0.355. The van der Waals surface area contributed by atoms with Crippen molar-refractivity contribution in [2.24, 2.45) is 29.1 Å². The van der Waals surface area contributed by atoms with Crippen LogP contribution in [0.15, 0.2) is 15.5 Å². The van der Waals surface area contributed by atoms with Crippen molar-refractivity contribution in [2.45, 2.75) is 78.3 Å². The molecular formula is C23H35BrN4O2. The van der Waals surface area contributed by atoms with Gasteiger partial charge in [0, 0.05) is 12.6 Å². The number of aromatic nitrogens is 2. The average molecular weight is 479 g/mol. The zero-order valence-electron chi connectivity index (χ0n) is 18.4. The Morgan fingerprint density at radius 1 is 1.27 bits per heavy atom. The van der Waals surface area contributed by atoms with Gasteiger partial charge in [0.15, 0.2) is 0 Å². The first-order chi connectivity index (χ1) is 14.3. The Balaban J connectivity index is 1.35. The van der Waals surface area contributed by atoms with Crippen LogP contribution < -0.4 is 16.2 Å². The summed E-state index contributed by atoms with van der Waals surface area (Å²) in [5, 5.41) is 10.8. The number of nitrogens with one attached hydrogen (secondary N) is 2. The molecule has 0 unspecified atom stereocenters. The monoisotopic (exact) mass is 478 g/mol. The highest BCUT2D eigenvalue weighted by molar-refractivity contribution is 9.10. The molecule has 7 heteroatoms. The molecule has 4 fully saturated rings. The van der Waals surface area contributed by atoms with Gasteiger partial charge in [-0.25, -0.2) is 4.68 Å². The fraction of sp³-hybridized carbons (Fsp3) is 0.783. The lowest BCUT2D eigenvalue weighted by Gasteiger charge is -2.62. The Bertz CT molecular complexity index is 846. The zero-order valence-corrected chi connectivity index (χ0v) is 20.0. The molecular weight excluding hydrogens is 444 g/mol. The quantitative estimate of drug-likeness (QED) is 0.642. The number of carbonyl (C=O) groups is 1. The first-order valence-electron chi connectivity index (χ1n) is 11.6. The zero-order chi connectivity index (χ0) is 21.5. The van der Waals surface area contributed by atoms with E-state index in [9.17, 15) is 9.59 Å². The van der Waals surface area contributed by atoms with Crippen molar-refractivity contribution in [3.63, 3.8) is 0 Å². The van der Waals surface area contributed by atoms with Gasteiger partial charge in [0.25, 0.3) is 5.56 Å². The Hall–Kier alpha value is -1.37. The maximum Gasteiger partial charge on any atom is 0.283 e. The Labute approximate surface area is 187 Å². The lowest BCUT2D eigenvalue weighted by Crippen LogP contribution is -2.58. The van der Waals surface area contributed by atoms with Crippen molar-refractivity contribution in [3.8, 4) is 0 Å². The van der Waals surface area contributed by atoms with Crippen LogP contribution in [-0.2, 0) is 11.3 Å². The average Bonchev–Trinajstić information content (AvgIpc) is 2.73. The van der Waals surface area contributed by atoms with Gasteiger partial charge in [0.1, 0.15) is 11.0 Å². The van der Waals surface area contributed by atoms with Crippen LogP contribution in [0.2, 0.25) is 0 Å². The standard InChI is InChI=1S/C23H35BrN4O2/c1-14-17-9-16(23(17,2)3)10-18(14)27-19-12-26-28(22(30)21(19)24)13-20(29)25-11-15-7-5-4-6-8-15/h12,14-18,27H,4-11,13H2,1-3H3,(H,25,29)/t14-,16+,17-,18-/m1/s1. The Morgan fingerprint density at radius 3 is 2.67 bits per heavy atom. The van der Waals surface area contributed by atoms with Crippen LogP contribution in [0.25, 0.3) is 0 Å². The number of amides is 1. The summed E-state index contributed by atoms with van der Waals surface area (Å²) in [5.41, 5.74) is 0.901. The van der Waals surface area contributed by atoms with E-state index in [1.165, 1.54) is 43.2 Å². The summed E-state index contributed by atoms with van der Waals surface area (Å²) in [6.07, 6.45) is 10.3. The molecule has 0 aromatic carbocycles. The van der Waals surface area contributed by atoms with Crippen LogP contribution in [0.4, 0.5) is 5.69 Å². The summed E-state index contributed by atoms with van der Waals surface area (Å²) < 4.78 is 1.71. The van der Waals surface area contributed by atoms with E-state index in [0.29, 0.717) is 34.3 Å². The molecule has 0 radical (unpaired) electrons. The molecule has 166 valence electrons. The Kier molecular flexibility index (Phi) is 6.29. The van der Waals surface area contributed by atoms with Gasteiger partial charge in [-0.2, -0.15) is 5.10 Å². The van der Waals surface area contributed by atoms with E-state index in [2.05, 4.69) is 52.4 Å². The lowest BCUT2D eigenvalue weighted by molar-refractivity contribution is -0.122. The van der Waals surface area contributed by atoms with Crippen molar-refractivity contribution < 1.29 is 4.79 Å². The summed E-state index contributed by atoms with van der Waals surface area (Å²) in [6.45, 7) is 7.75. The van der Waals surface area contributed by atoms with Gasteiger partial charge in [0.05, 0.1) is 11.9 Å². The fourth-order valence-corrected chi connectivity index (χ4v) is 6.48. The Morgan fingerprint density at radius 2 is 2.00 bits per heavy atom. The normalized spacial score (nSPS) is 30.4. The molecule has 5 rings (SSSR count). The molecule has 4 atom stereocenters. The molecule has 4 saturated carbocycles. The molecule has 1 amide bonds. The van der Waals surface area contributed by atoms with Gasteiger partial charge in [-0.05, 0) is 70.7 Å². The minimum atomic E-state index is -0.262. The molecule has 1 aromatic heterocycles. The van der Waals surface area contributed by atoms with Gasteiger partial charge >= 0.3 is 0 Å². The molecule has 0 aliphatic heterocycles. The van der Waals surface area contributed by atoms with Crippen LogP contribution in [0.1, 0.15) is 65.7 Å². The molecule has 30 heavy (non-hydrogen) atoms. The molecule has 2 bridgehead atoms. The third-order valence-corrected chi connectivity index (χ3v) is 9.05. The highest BCUT2D eigenvalue weighted by atomic mass is 79.9. The van der Waals surface area contributed by atoms with Gasteiger partial charge in [-0.1, -0.05) is 40.0 Å². The van der Waals surface area contributed by atoms with Crippen LogP contribution in [0.3, 0.4) is 0 Å². The molecule has 1 aromatic rings. The number of anilines is 1. The molecule has 2 N–H and O–H groups in total. The smallest absolute Gasteiger partial charge is 0.283 e. The number of carbonyl (C=O) groups excluding carboxylic acids is 1. The van der Waals surface area contributed by atoms with Crippen molar-refractivity contribution in [1.82, 2.24) is 15.1 Å². The van der Waals surface area contributed by atoms with E-state index in [0.717, 1.165) is 23.9 Å². The third kappa shape index (κ3) is 4.19. The van der Waals surface area contributed by atoms with Crippen LogP contribution in [0, 0.1) is 29.1 Å². The maximum atomic E-state index is 12.8. The van der Waals surface area contributed by atoms with E-state index < -0.39 is 0 Å². The van der Waals surface area contributed by atoms with Crippen LogP contribution in [0.5, 0.6) is 0 Å². The van der Waals surface area contributed by atoms with E-state index in [1.54, 1.807) is 6.20 Å². The minimum absolute atomic E-state index is 0.0391. The third-order valence-electron chi connectivity index (χ3n) is 8.29. The van der Waals surface area contributed by atoms with Crippen molar-refractivity contribution in [3.05, 3.63) is 21.0 Å². The molecule has 4 aliphatic carbocycles. The predicted octanol–water partition coefficient (Wildman–Crippen LogP) is 4.18. The highest BCUT2D eigenvalue weighted by Gasteiger charge is 2.56. The topological polar surface area (TPSA) is 76.0 Å². The number of rotatable bonds is 6. The van der Waals surface area contributed by atoms with Crippen LogP contribution >= 0.6 is 15.9 Å². The van der Waals surface area contributed by atoms with Gasteiger partial charge in [0.2, 0.25) is 5.91 Å². The summed E-state index contributed by atoms with van der Waals surface area (Å²) in [4.78, 5) is 25.1. The van der Waals surface area contributed by atoms with Crippen LogP contribution in [-0.4, -0.2) is 28.3 Å². The number of hydrogen-bond acceptors (Lipinski definition) is 4. The molecule has 4 aliphatic rings. The summed E-state index contributed by atoms with van der Waals surface area (Å²) in [7, 11) is 0. The number of halogens is 1. The van der Waals surface area contributed by atoms with E-state index in [4.69, 9.17) is 0 Å². The number of nitrogens with zero attached hydrogens (tertiary/aromatic N) is 2. The second-order valence-corrected chi connectivity index (χ2v) is 11.1. The largest absolute Gasteiger partial charge is 0.380 e. The van der Waals surface area contributed by atoms with Crippen molar-refractivity contribution in [2.75, 3.05) is 11.9 Å². The van der Waals surface area contributed by atoms with Gasteiger partial charge in [-0.15, -0.1) is 0 Å². The first-order valence-corrected chi connectivity index (χ1v) is 12.4. The molecule has 0 saturated heterocycles. The molecule has 0 spiro atoms. The van der Waals surface area contributed by atoms with E-state index in [-0.39, 0.29) is 18.0 Å². The fourth-order valence-electron chi connectivity index (χ4n) is 6.06. The lowest BCUT2D eigenvalue weighted by atomic mass is 9.45. The summed E-state index contributed by atoms with van der Waals surface area (Å²) in [5.74, 6) is 2.46. The van der Waals surface area contributed by atoms with E-state index in [1.807, 2.05) is 0 Å². The van der Waals surface area contributed by atoms with E-state index >= 15 is 0 Å². The number of hydrogen-bond donors (Lipinski definition) is 2. The SMILES string of the molecule is C[C@@H]1[C@H]2C[C@@H](C[C@H]1Nc1cnn(CC(=O)NCC3CCCCC3)c(=O)c1Br)C2(C)C. The van der Waals surface area contributed by atoms with Crippen molar-refractivity contribution in [1.29, 1.82) is 0 Å². The summed E-state index contributed by atoms with van der Waals surface area (Å²) >= 11 is 3.45. The van der Waals surface area contributed by atoms with Gasteiger partial charge in [-0.3, -0.25) is 9.59 Å². The minimum Gasteiger partial charge on any atom is -0.380 e. The number of fused-ring (bicyclic) bond motifs is 2. The van der Waals surface area contributed by atoms with Crippen molar-refractivity contribution >= 4 is 27.5 Å².